The van der Waals surface area contributed by atoms with Crippen LogP contribution in [-0.2, 0) is 0 Å². The average molecular weight is 278 g/mol. The third-order valence-corrected chi connectivity index (χ3v) is 3.25. The van der Waals surface area contributed by atoms with E-state index < -0.39 is 11.9 Å². The highest BCUT2D eigenvalue weighted by molar-refractivity contribution is 6.31. The fourth-order valence-electron chi connectivity index (χ4n) is 1.96. The van der Waals surface area contributed by atoms with Crippen LogP contribution in [0, 0.1) is 5.82 Å². The van der Waals surface area contributed by atoms with E-state index in [4.69, 9.17) is 11.6 Å². The SMILES string of the molecule is OC(c1cc(F)ccc1Cl)c1cnn2ccncc12. The molecule has 0 aliphatic rings. The van der Waals surface area contributed by atoms with Crippen molar-refractivity contribution < 1.29 is 9.50 Å². The summed E-state index contributed by atoms with van der Waals surface area (Å²) in [4.78, 5) is 3.98. The zero-order valence-corrected chi connectivity index (χ0v) is 10.4. The number of hydrogen-bond acceptors (Lipinski definition) is 3. The lowest BCUT2D eigenvalue weighted by Crippen LogP contribution is -2.01. The van der Waals surface area contributed by atoms with E-state index >= 15 is 0 Å². The van der Waals surface area contributed by atoms with E-state index in [0.717, 1.165) is 0 Å². The van der Waals surface area contributed by atoms with Crippen LogP contribution >= 0.6 is 11.6 Å². The second kappa shape index (κ2) is 4.60. The van der Waals surface area contributed by atoms with Gasteiger partial charge in [0.25, 0.3) is 0 Å². The van der Waals surface area contributed by atoms with Crippen LogP contribution < -0.4 is 0 Å². The zero-order valence-electron chi connectivity index (χ0n) is 9.66. The van der Waals surface area contributed by atoms with Crippen LogP contribution in [-0.4, -0.2) is 19.7 Å². The van der Waals surface area contributed by atoms with Crippen LogP contribution in [0.1, 0.15) is 17.2 Å². The van der Waals surface area contributed by atoms with Crippen molar-refractivity contribution in [1.82, 2.24) is 14.6 Å². The molecular formula is C13H9ClFN3O. The Hall–Kier alpha value is -1.98. The molecule has 1 N–H and O–H groups in total. The van der Waals surface area contributed by atoms with Crippen molar-refractivity contribution in [3.05, 3.63) is 65.0 Å². The van der Waals surface area contributed by atoms with Crippen LogP contribution in [0.2, 0.25) is 5.02 Å². The third-order valence-electron chi connectivity index (χ3n) is 2.90. The van der Waals surface area contributed by atoms with Crippen LogP contribution in [0.25, 0.3) is 5.52 Å². The number of fused-ring (bicyclic) bond motifs is 1. The molecule has 0 spiro atoms. The maximum absolute atomic E-state index is 13.3. The highest BCUT2D eigenvalue weighted by Crippen LogP contribution is 2.30. The predicted molar refractivity (Wildman–Crippen MR) is 68.5 cm³/mol. The minimum Gasteiger partial charge on any atom is -0.383 e. The van der Waals surface area contributed by atoms with Crippen molar-refractivity contribution in [2.75, 3.05) is 0 Å². The summed E-state index contributed by atoms with van der Waals surface area (Å²) < 4.78 is 14.8. The number of halogens is 2. The van der Waals surface area contributed by atoms with E-state index in [2.05, 4.69) is 10.1 Å². The number of rotatable bonds is 2. The second-order valence-electron chi connectivity index (χ2n) is 4.07. The Labute approximate surface area is 113 Å². The predicted octanol–water partition coefficient (Wildman–Crippen LogP) is 2.60. The van der Waals surface area contributed by atoms with Gasteiger partial charge in [0.05, 0.1) is 17.9 Å². The molecule has 4 nitrogen and oxygen atoms in total. The molecule has 0 aliphatic heterocycles. The van der Waals surface area contributed by atoms with Gasteiger partial charge in [-0.25, -0.2) is 8.91 Å². The van der Waals surface area contributed by atoms with Crippen molar-refractivity contribution in [2.45, 2.75) is 6.10 Å². The first-order valence-electron chi connectivity index (χ1n) is 5.57. The van der Waals surface area contributed by atoms with Crippen molar-refractivity contribution in [3.8, 4) is 0 Å². The van der Waals surface area contributed by atoms with Crippen LogP contribution in [0.5, 0.6) is 0 Å². The molecule has 0 aliphatic carbocycles. The van der Waals surface area contributed by atoms with Crippen LogP contribution in [0.15, 0.2) is 43.0 Å². The van der Waals surface area contributed by atoms with Crippen LogP contribution in [0.4, 0.5) is 4.39 Å². The highest BCUT2D eigenvalue weighted by atomic mass is 35.5. The molecule has 0 bridgehead atoms. The number of aliphatic hydroxyl groups is 1. The third kappa shape index (κ3) is 2.07. The van der Waals surface area contributed by atoms with Gasteiger partial charge in [0.2, 0.25) is 0 Å². The molecule has 0 fully saturated rings. The summed E-state index contributed by atoms with van der Waals surface area (Å²) in [6.07, 6.45) is 5.30. The Balaban J connectivity index is 2.13. The summed E-state index contributed by atoms with van der Waals surface area (Å²) >= 11 is 5.99. The smallest absolute Gasteiger partial charge is 0.123 e. The second-order valence-corrected chi connectivity index (χ2v) is 4.48. The van der Waals surface area contributed by atoms with E-state index in [1.165, 1.54) is 24.4 Å². The van der Waals surface area contributed by atoms with E-state index in [0.29, 0.717) is 21.7 Å². The van der Waals surface area contributed by atoms with E-state index in [1.54, 1.807) is 23.1 Å². The van der Waals surface area contributed by atoms with E-state index in [1.807, 2.05) is 0 Å². The minimum atomic E-state index is -1.05. The molecule has 0 amide bonds. The van der Waals surface area contributed by atoms with E-state index in [9.17, 15) is 9.50 Å². The maximum atomic E-state index is 13.3. The molecule has 3 rings (SSSR count). The molecule has 6 heteroatoms. The first-order valence-corrected chi connectivity index (χ1v) is 5.95. The molecule has 1 unspecified atom stereocenters. The fourth-order valence-corrected chi connectivity index (χ4v) is 2.18. The monoisotopic (exact) mass is 277 g/mol. The zero-order chi connectivity index (χ0) is 13.4. The van der Waals surface area contributed by atoms with Gasteiger partial charge in [-0.05, 0) is 18.2 Å². The molecule has 19 heavy (non-hydrogen) atoms. The first kappa shape index (κ1) is 12.1. The molecular weight excluding hydrogens is 269 g/mol. The summed E-state index contributed by atoms with van der Waals surface area (Å²) in [5.74, 6) is -0.451. The standard InChI is InChI=1S/C13H9ClFN3O/c14-11-2-1-8(15)5-9(11)13(19)10-6-17-18-4-3-16-7-12(10)18/h1-7,13,19H. The Morgan fingerprint density at radius 2 is 2.11 bits per heavy atom. The molecule has 0 radical (unpaired) electrons. The lowest BCUT2D eigenvalue weighted by atomic mass is 10.0. The molecule has 96 valence electrons. The summed E-state index contributed by atoms with van der Waals surface area (Å²) in [5, 5.41) is 14.8. The molecule has 2 aromatic heterocycles. The fraction of sp³-hybridized carbons (Fsp3) is 0.0769. The van der Waals surface area contributed by atoms with Gasteiger partial charge in [-0.2, -0.15) is 5.10 Å². The van der Waals surface area contributed by atoms with E-state index in [-0.39, 0.29) is 0 Å². The van der Waals surface area contributed by atoms with Gasteiger partial charge >= 0.3 is 0 Å². The maximum Gasteiger partial charge on any atom is 0.123 e. The van der Waals surface area contributed by atoms with Gasteiger partial charge in [0, 0.05) is 28.5 Å². The normalized spacial score (nSPS) is 12.8. The average Bonchev–Trinajstić information content (AvgIpc) is 2.84. The number of aliphatic hydroxyl groups excluding tert-OH is 1. The topological polar surface area (TPSA) is 50.4 Å². The number of hydrogen-bond donors (Lipinski definition) is 1. The largest absolute Gasteiger partial charge is 0.383 e. The summed E-state index contributed by atoms with van der Waals surface area (Å²) in [6.45, 7) is 0. The summed E-state index contributed by atoms with van der Waals surface area (Å²) in [5.41, 5.74) is 1.48. The van der Waals surface area contributed by atoms with Gasteiger partial charge < -0.3 is 5.11 Å². The first-order chi connectivity index (χ1) is 9.16. The summed E-state index contributed by atoms with van der Waals surface area (Å²) in [6, 6.07) is 3.88. The van der Waals surface area contributed by atoms with Crippen molar-refractivity contribution >= 4 is 17.1 Å². The number of benzene rings is 1. The lowest BCUT2D eigenvalue weighted by Gasteiger charge is -2.11. The number of aromatic nitrogens is 3. The summed E-state index contributed by atoms with van der Waals surface area (Å²) in [7, 11) is 0. The number of nitrogens with zero attached hydrogens (tertiary/aromatic N) is 3. The molecule has 0 saturated carbocycles. The van der Waals surface area contributed by atoms with Gasteiger partial charge in [-0.15, -0.1) is 0 Å². The van der Waals surface area contributed by atoms with Crippen LogP contribution in [0.3, 0.4) is 0 Å². The Bertz CT molecular complexity index is 744. The highest BCUT2D eigenvalue weighted by Gasteiger charge is 2.19. The minimum absolute atomic E-state index is 0.303. The molecule has 0 saturated heterocycles. The lowest BCUT2D eigenvalue weighted by molar-refractivity contribution is 0.221. The Kier molecular flexibility index (Phi) is 2.93. The molecule has 1 aromatic carbocycles. The van der Waals surface area contributed by atoms with Crippen molar-refractivity contribution in [1.29, 1.82) is 0 Å². The van der Waals surface area contributed by atoms with Gasteiger partial charge in [0.15, 0.2) is 0 Å². The molecule has 3 aromatic rings. The van der Waals surface area contributed by atoms with Crippen molar-refractivity contribution in [2.24, 2.45) is 0 Å². The van der Waals surface area contributed by atoms with Gasteiger partial charge in [-0.3, -0.25) is 4.98 Å². The molecule has 1 atom stereocenters. The quantitative estimate of drug-likeness (QED) is 0.783. The molecule has 2 heterocycles. The Morgan fingerprint density at radius 3 is 2.95 bits per heavy atom. The van der Waals surface area contributed by atoms with Crippen molar-refractivity contribution in [3.63, 3.8) is 0 Å². The van der Waals surface area contributed by atoms with Gasteiger partial charge in [0.1, 0.15) is 11.9 Å². The van der Waals surface area contributed by atoms with Gasteiger partial charge in [-0.1, -0.05) is 11.6 Å². The Morgan fingerprint density at radius 1 is 1.26 bits per heavy atom.